The van der Waals surface area contributed by atoms with Crippen molar-refractivity contribution in [1.29, 1.82) is 0 Å². The molecule has 0 fully saturated rings. The van der Waals surface area contributed by atoms with Crippen LogP contribution in [0.25, 0.3) is 10.8 Å². The van der Waals surface area contributed by atoms with Crippen molar-refractivity contribution in [3.63, 3.8) is 0 Å². The molecule has 5 nitrogen and oxygen atoms in total. The summed E-state index contributed by atoms with van der Waals surface area (Å²) in [7, 11) is 3.68. The molecule has 0 unspecified atom stereocenters. The second-order valence-electron chi connectivity index (χ2n) is 4.36. The molecule has 2 rings (SSSR count). The summed E-state index contributed by atoms with van der Waals surface area (Å²) in [5.74, 6) is 0.907. The van der Waals surface area contributed by atoms with Crippen molar-refractivity contribution in [2.45, 2.75) is 26.5 Å². The van der Waals surface area contributed by atoms with E-state index in [1.165, 1.54) is 4.88 Å². The third kappa shape index (κ3) is 3.40. The predicted octanol–water partition coefficient (Wildman–Crippen LogP) is 2.19. The molecule has 0 radical (unpaired) electrons. The molecule has 1 N–H and O–H groups in total. The number of nitrogens with zero attached hydrogens (tertiary/aromatic N) is 3. The molecule has 0 saturated carbocycles. The van der Waals surface area contributed by atoms with Gasteiger partial charge < -0.3 is 14.6 Å². The topological polar surface area (TPSA) is 52.0 Å². The number of rotatable bonds is 7. The number of aryl methyl sites for hydroxylation is 1. The number of nitrogens with one attached hydrogen (secondary N) is 1. The van der Waals surface area contributed by atoms with E-state index < -0.39 is 0 Å². The van der Waals surface area contributed by atoms with Gasteiger partial charge in [-0.2, -0.15) is 0 Å². The van der Waals surface area contributed by atoms with Gasteiger partial charge >= 0.3 is 0 Å². The van der Waals surface area contributed by atoms with E-state index in [4.69, 9.17) is 4.74 Å². The van der Waals surface area contributed by atoms with Crippen LogP contribution in [0, 0.1) is 0 Å². The average Bonchev–Trinajstić information content (AvgIpc) is 2.97. The van der Waals surface area contributed by atoms with Crippen molar-refractivity contribution in [2.75, 3.05) is 13.7 Å². The lowest BCUT2D eigenvalue weighted by Crippen LogP contribution is -2.14. The first-order valence-electron chi connectivity index (χ1n) is 6.42. The molecule has 19 heavy (non-hydrogen) atoms. The molecular formula is C13H20N4OS. The van der Waals surface area contributed by atoms with E-state index in [0.29, 0.717) is 6.61 Å². The largest absolute Gasteiger partial charge is 0.378 e. The normalized spacial score (nSPS) is 11.1. The minimum absolute atomic E-state index is 0.546. The fourth-order valence-corrected chi connectivity index (χ4v) is 2.89. The fourth-order valence-electron chi connectivity index (χ4n) is 1.82. The minimum atomic E-state index is 0.546. The van der Waals surface area contributed by atoms with E-state index in [2.05, 4.69) is 22.2 Å². The van der Waals surface area contributed by atoms with E-state index in [-0.39, 0.29) is 0 Å². The highest BCUT2D eigenvalue weighted by atomic mass is 32.1. The number of methoxy groups -OCH3 is 1. The second-order valence-corrected chi connectivity index (χ2v) is 5.44. The summed E-state index contributed by atoms with van der Waals surface area (Å²) in [6.07, 6.45) is 4.86. The van der Waals surface area contributed by atoms with E-state index >= 15 is 0 Å². The first-order valence-corrected chi connectivity index (χ1v) is 7.23. The molecular weight excluding hydrogens is 260 g/mol. The molecule has 0 aromatic carbocycles. The predicted molar refractivity (Wildman–Crippen MR) is 77.0 cm³/mol. The Morgan fingerprint density at radius 3 is 2.95 bits per heavy atom. The van der Waals surface area contributed by atoms with E-state index in [0.717, 1.165) is 36.0 Å². The zero-order valence-electron chi connectivity index (χ0n) is 11.6. The van der Waals surface area contributed by atoms with Crippen LogP contribution in [-0.4, -0.2) is 28.2 Å². The molecule has 0 spiro atoms. The number of ether oxygens (including phenoxy) is 1. The van der Waals surface area contributed by atoms with E-state index in [9.17, 15) is 0 Å². The second kappa shape index (κ2) is 6.79. The Morgan fingerprint density at radius 2 is 2.32 bits per heavy atom. The van der Waals surface area contributed by atoms with Gasteiger partial charge in [0, 0.05) is 38.0 Å². The lowest BCUT2D eigenvalue weighted by atomic mass is 10.3. The lowest BCUT2D eigenvalue weighted by Gasteiger charge is -2.02. The Kier molecular flexibility index (Phi) is 5.07. The molecule has 0 atom stereocenters. The Labute approximate surface area is 117 Å². The van der Waals surface area contributed by atoms with Crippen LogP contribution in [0.2, 0.25) is 0 Å². The van der Waals surface area contributed by atoms with Crippen molar-refractivity contribution in [2.24, 2.45) is 7.05 Å². The van der Waals surface area contributed by atoms with Gasteiger partial charge in [-0.15, -0.1) is 11.3 Å². The smallest absolute Gasteiger partial charge is 0.168 e. The van der Waals surface area contributed by atoms with Gasteiger partial charge in [0.25, 0.3) is 0 Å². The molecule has 0 bridgehead atoms. The molecule has 0 aliphatic heterocycles. The van der Waals surface area contributed by atoms with Crippen LogP contribution in [0.15, 0.2) is 12.4 Å². The first-order chi connectivity index (χ1) is 9.26. The summed E-state index contributed by atoms with van der Waals surface area (Å²) in [6, 6.07) is 0. The molecule has 0 amide bonds. The molecule has 104 valence electrons. The quantitative estimate of drug-likeness (QED) is 0.790. The third-order valence-corrected chi connectivity index (χ3v) is 3.88. The van der Waals surface area contributed by atoms with Gasteiger partial charge in [0.15, 0.2) is 10.8 Å². The number of aromatic nitrogens is 3. The third-order valence-electron chi connectivity index (χ3n) is 2.78. The first kappa shape index (κ1) is 14.2. The van der Waals surface area contributed by atoms with Crippen molar-refractivity contribution in [1.82, 2.24) is 19.9 Å². The van der Waals surface area contributed by atoms with Gasteiger partial charge in [-0.05, 0) is 13.0 Å². The SMILES string of the molecule is CCCNCc1sc(-c2nccn2C)nc1COC. The highest BCUT2D eigenvalue weighted by molar-refractivity contribution is 7.15. The Bertz CT molecular complexity index is 520. The maximum atomic E-state index is 5.22. The van der Waals surface area contributed by atoms with Gasteiger partial charge in [0.2, 0.25) is 0 Å². The molecule has 0 aliphatic rings. The van der Waals surface area contributed by atoms with Crippen LogP contribution in [-0.2, 0) is 24.9 Å². The monoisotopic (exact) mass is 280 g/mol. The molecule has 2 heterocycles. The minimum Gasteiger partial charge on any atom is -0.378 e. The maximum absolute atomic E-state index is 5.22. The molecule has 0 aliphatic carbocycles. The molecule has 2 aromatic rings. The number of thiazole rings is 1. The van der Waals surface area contributed by atoms with Crippen LogP contribution in [0.5, 0.6) is 0 Å². The summed E-state index contributed by atoms with van der Waals surface area (Å²) in [4.78, 5) is 10.2. The van der Waals surface area contributed by atoms with Crippen LogP contribution in [0.4, 0.5) is 0 Å². The fraction of sp³-hybridized carbons (Fsp3) is 0.538. The summed E-state index contributed by atoms with van der Waals surface area (Å²) >= 11 is 1.68. The number of hydrogen-bond acceptors (Lipinski definition) is 5. The van der Waals surface area contributed by atoms with Crippen molar-refractivity contribution < 1.29 is 4.74 Å². The van der Waals surface area contributed by atoms with Gasteiger partial charge in [0.05, 0.1) is 12.3 Å². The zero-order chi connectivity index (χ0) is 13.7. The van der Waals surface area contributed by atoms with E-state index in [1.54, 1.807) is 24.6 Å². The van der Waals surface area contributed by atoms with Crippen molar-refractivity contribution in [3.8, 4) is 10.8 Å². The maximum Gasteiger partial charge on any atom is 0.168 e. The van der Waals surface area contributed by atoms with E-state index in [1.807, 2.05) is 17.8 Å². The highest BCUT2D eigenvalue weighted by Gasteiger charge is 2.14. The zero-order valence-corrected chi connectivity index (χ0v) is 12.5. The highest BCUT2D eigenvalue weighted by Crippen LogP contribution is 2.27. The standard InChI is InChI=1S/C13H20N4OS/c1-4-5-14-8-11-10(9-18-3)16-13(19-11)12-15-6-7-17(12)2/h6-7,14H,4-5,8-9H2,1-3H3. The van der Waals surface area contributed by atoms with Crippen LogP contribution >= 0.6 is 11.3 Å². The van der Waals surface area contributed by atoms with Crippen LogP contribution in [0.1, 0.15) is 23.9 Å². The summed E-state index contributed by atoms with van der Waals surface area (Å²) in [6.45, 7) is 4.57. The van der Waals surface area contributed by atoms with Gasteiger partial charge in [0.1, 0.15) is 0 Å². The Morgan fingerprint density at radius 1 is 1.47 bits per heavy atom. The van der Waals surface area contributed by atoms with Gasteiger partial charge in [-0.3, -0.25) is 0 Å². The summed E-state index contributed by atoms with van der Waals surface area (Å²) in [5, 5.41) is 4.36. The van der Waals surface area contributed by atoms with Gasteiger partial charge in [-0.1, -0.05) is 6.92 Å². The number of imidazole rings is 1. The van der Waals surface area contributed by atoms with Crippen LogP contribution in [0.3, 0.4) is 0 Å². The van der Waals surface area contributed by atoms with Crippen molar-refractivity contribution >= 4 is 11.3 Å². The molecule has 2 aromatic heterocycles. The van der Waals surface area contributed by atoms with Gasteiger partial charge in [-0.25, -0.2) is 9.97 Å². The molecule has 0 saturated heterocycles. The van der Waals surface area contributed by atoms with Crippen LogP contribution < -0.4 is 5.32 Å². The molecule has 6 heteroatoms. The Balaban J connectivity index is 2.22. The summed E-state index contributed by atoms with van der Waals surface area (Å²) < 4.78 is 7.21. The Hall–Kier alpha value is -1.24. The van der Waals surface area contributed by atoms with Crippen molar-refractivity contribution in [3.05, 3.63) is 23.0 Å². The average molecular weight is 280 g/mol. The summed E-state index contributed by atoms with van der Waals surface area (Å²) in [5.41, 5.74) is 1.01. The number of hydrogen-bond donors (Lipinski definition) is 1. The lowest BCUT2D eigenvalue weighted by molar-refractivity contribution is 0.181.